The molecule has 6 heteroatoms. The molecule has 0 radical (unpaired) electrons. The first-order valence-electron chi connectivity index (χ1n) is 10.1. The molecule has 1 saturated carbocycles. The topological polar surface area (TPSA) is 48.0 Å². The minimum atomic E-state index is -0.456. The molecule has 0 unspecified atom stereocenters. The van der Waals surface area contributed by atoms with Gasteiger partial charge in [0.15, 0.2) is 12.4 Å². The van der Waals surface area contributed by atoms with Crippen molar-refractivity contribution in [2.75, 3.05) is 32.9 Å². The van der Waals surface area contributed by atoms with Gasteiger partial charge in [-0.25, -0.2) is 0 Å². The third-order valence-corrected chi connectivity index (χ3v) is 6.29. The van der Waals surface area contributed by atoms with Gasteiger partial charge >= 0.3 is 0 Å². The van der Waals surface area contributed by atoms with Crippen LogP contribution in [-0.4, -0.2) is 49.5 Å². The number of rotatable bonds is 4. The number of nitrogens with zero attached hydrogens (tertiary/aromatic N) is 1. The van der Waals surface area contributed by atoms with Crippen molar-refractivity contribution in [1.29, 1.82) is 0 Å². The van der Waals surface area contributed by atoms with Crippen molar-refractivity contribution >= 4 is 17.5 Å². The second-order valence-corrected chi connectivity index (χ2v) is 8.23. The van der Waals surface area contributed by atoms with E-state index >= 15 is 0 Å². The molecule has 0 atom stereocenters. The van der Waals surface area contributed by atoms with Crippen molar-refractivity contribution in [3.05, 3.63) is 28.8 Å². The van der Waals surface area contributed by atoms with Crippen LogP contribution < -0.4 is 4.74 Å². The summed E-state index contributed by atoms with van der Waals surface area (Å²) < 4.78 is 17.4. The van der Waals surface area contributed by atoms with Gasteiger partial charge in [0.1, 0.15) is 5.75 Å². The number of hydrogen-bond donors (Lipinski definition) is 0. The Morgan fingerprint density at radius 2 is 1.85 bits per heavy atom. The first-order valence-corrected chi connectivity index (χ1v) is 10.5. The van der Waals surface area contributed by atoms with Crippen molar-refractivity contribution in [3.8, 4) is 5.75 Å². The lowest BCUT2D eigenvalue weighted by Crippen LogP contribution is -2.48. The molecule has 1 aliphatic carbocycles. The molecule has 1 aromatic carbocycles. The highest BCUT2D eigenvalue weighted by molar-refractivity contribution is 6.30. The Balaban J connectivity index is 1.35. The number of halogens is 1. The SMILES string of the molecule is O=C(COc1ccc(Cl)cc1C1CCCCC1)N1CCC2(CC1)OCCO2. The Labute approximate surface area is 165 Å². The van der Waals surface area contributed by atoms with E-state index in [-0.39, 0.29) is 12.5 Å². The van der Waals surface area contributed by atoms with Gasteiger partial charge in [0, 0.05) is 31.0 Å². The van der Waals surface area contributed by atoms with Gasteiger partial charge in [-0.2, -0.15) is 0 Å². The average Bonchev–Trinajstić information content (AvgIpc) is 3.16. The third kappa shape index (κ3) is 4.41. The molecule has 2 saturated heterocycles. The largest absolute Gasteiger partial charge is 0.483 e. The summed E-state index contributed by atoms with van der Waals surface area (Å²) in [5.41, 5.74) is 1.15. The van der Waals surface area contributed by atoms with Crippen LogP contribution >= 0.6 is 11.6 Å². The molecule has 2 heterocycles. The average molecular weight is 394 g/mol. The van der Waals surface area contributed by atoms with Crippen molar-refractivity contribution in [2.24, 2.45) is 0 Å². The van der Waals surface area contributed by atoms with E-state index in [0.29, 0.717) is 32.2 Å². The van der Waals surface area contributed by atoms with E-state index in [9.17, 15) is 4.79 Å². The zero-order valence-corrected chi connectivity index (χ0v) is 16.5. The van der Waals surface area contributed by atoms with E-state index in [2.05, 4.69) is 0 Å². The smallest absolute Gasteiger partial charge is 0.260 e. The molecule has 1 amide bonds. The maximum Gasteiger partial charge on any atom is 0.260 e. The zero-order chi connectivity index (χ0) is 18.7. The molecule has 5 nitrogen and oxygen atoms in total. The fraction of sp³-hybridized carbons (Fsp3) is 0.667. The van der Waals surface area contributed by atoms with Crippen LogP contribution in [0.2, 0.25) is 5.02 Å². The van der Waals surface area contributed by atoms with E-state index in [0.717, 1.165) is 29.2 Å². The number of carbonyl (C=O) groups excluding carboxylic acids is 1. The van der Waals surface area contributed by atoms with Crippen LogP contribution in [-0.2, 0) is 14.3 Å². The summed E-state index contributed by atoms with van der Waals surface area (Å²) in [7, 11) is 0. The minimum Gasteiger partial charge on any atom is -0.483 e. The molecule has 4 rings (SSSR count). The highest BCUT2D eigenvalue weighted by atomic mass is 35.5. The minimum absolute atomic E-state index is 0.0207. The van der Waals surface area contributed by atoms with Crippen molar-refractivity contribution in [1.82, 2.24) is 4.90 Å². The van der Waals surface area contributed by atoms with Crippen LogP contribution in [0, 0.1) is 0 Å². The predicted molar refractivity (Wildman–Crippen MR) is 103 cm³/mol. The van der Waals surface area contributed by atoms with Crippen LogP contribution in [0.15, 0.2) is 18.2 Å². The van der Waals surface area contributed by atoms with Gasteiger partial charge in [-0.3, -0.25) is 4.79 Å². The first-order chi connectivity index (χ1) is 13.2. The van der Waals surface area contributed by atoms with Crippen LogP contribution in [0.4, 0.5) is 0 Å². The maximum absolute atomic E-state index is 12.6. The van der Waals surface area contributed by atoms with Gasteiger partial charge in [-0.1, -0.05) is 30.9 Å². The van der Waals surface area contributed by atoms with Gasteiger partial charge < -0.3 is 19.1 Å². The molecule has 148 valence electrons. The normalized spacial score (nSPS) is 22.9. The second-order valence-electron chi connectivity index (χ2n) is 7.79. The van der Waals surface area contributed by atoms with E-state index in [4.69, 9.17) is 25.8 Å². The lowest BCUT2D eigenvalue weighted by Gasteiger charge is -2.37. The Bertz CT molecular complexity index is 658. The molecule has 1 aromatic rings. The fourth-order valence-corrected chi connectivity index (χ4v) is 4.68. The van der Waals surface area contributed by atoms with Crippen molar-refractivity contribution < 1.29 is 19.0 Å². The number of piperidine rings is 1. The molecule has 0 bridgehead atoms. The lowest BCUT2D eigenvalue weighted by atomic mass is 9.84. The molecule has 0 N–H and O–H groups in total. The molecule has 0 aromatic heterocycles. The Kier molecular flexibility index (Phi) is 5.90. The Morgan fingerprint density at radius 3 is 2.56 bits per heavy atom. The van der Waals surface area contributed by atoms with E-state index in [1.54, 1.807) is 0 Å². The number of carbonyl (C=O) groups is 1. The number of likely N-dealkylation sites (tertiary alicyclic amines) is 1. The van der Waals surface area contributed by atoms with E-state index < -0.39 is 5.79 Å². The molecular formula is C21H28ClNO4. The summed E-state index contributed by atoms with van der Waals surface area (Å²) in [6, 6.07) is 5.76. The predicted octanol–water partition coefficient (Wildman–Crippen LogP) is 4.13. The van der Waals surface area contributed by atoms with E-state index in [1.807, 2.05) is 23.1 Å². The van der Waals surface area contributed by atoms with Gasteiger partial charge in [-0.15, -0.1) is 0 Å². The Hall–Kier alpha value is -1.30. The number of amides is 1. The number of ether oxygens (including phenoxy) is 3. The molecule has 27 heavy (non-hydrogen) atoms. The highest BCUT2D eigenvalue weighted by Gasteiger charge is 2.40. The number of benzene rings is 1. The second kappa shape index (κ2) is 8.38. The van der Waals surface area contributed by atoms with Crippen molar-refractivity contribution in [2.45, 2.75) is 56.7 Å². The summed E-state index contributed by atoms with van der Waals surface area (Å²) in [5, 5.41) is 0.729. The van der Waals surface area contributed by atoms with Crippen LogP contribution in [0.1, 0.15) is 56.4 Å². The summed E-state index contributed by atoms with van der Waals surface area (Å²) in [5.74, 6) is 0.846. The van der Waals surface area contributed by atoms with Gasteiger partial charge in [0.2, 0.25) is 0 Å². The molecule has 2 aliphatic heterocycles. The lowest BCUT2D eigenvalue weighted by molar-refractivity contribution is -0.187. The number of hydrogen-bond acceptors (Lipinski definition) is 4. The summed E-state index contributed by atoms with van der Waals surface area (Å²) >= 11 is 6.23. The van der Waals surface area contributed by atoms with Crippen LogP contribution in [0.5, 0.6) is 5.75 Å². The third-order valence-electron chi connectivity index (χ3n) is 6.06. The standard InChI is InChI=1S/C21H28ClNO4/c22-17-6-7-19(18(14-17)16-4-2-1-3-5-16)25-15-20(24)23-10-8-21(9-11-23)26-12-13-27-21/h6-7,14,16H,1-5,8-13,15H2. The van der Waals surface area contributed by atoms with Crippen LogP contribution in [0.3, 0.4) is 0 Å². The molecule has 3 fully saturated rings. The zero-order valence-electron chi connectivity index (χ0n) is 15.8. The monoisotopic (exact) mass is 393 g/mol. The highest BCUT2D eigenvalue weighted by Crippen LogP contribution is 2.39. The van der Waals surface area contributed by atoms with Gasteiger partial charge in [-0.05, 0) is 42.5 Å². The quantitative estimate of drug-likeness (QED) is 0.771. The fourth-order valence-electron chi connectivity index (χ4n) is 4.50. The first kappa shape index (κ1) is 19.0. The molecule has 1 spiro atoms. The summed E-state index contributed by atoms with van der Waals surface area (Å²) in [6.07, 6.45) is 7.58. The van der Waals surface area contributed by atoms with Gasteiger partial charge in [0.05, 0.1) is 13.2 Å². The maximum atomic E-state index is 12.6. The summed E-state index contributed by atoms with van der Waals surface area (Å²) in [4.78, 5) is 14.5. The summed E-state index contributed by atoms with van der Waals surface area (Å²) in [6.45, 7) is 2.67. The van der Waals surface area contributed by atoms with Gasteiger partial charge in [0.25, 0.3) is 5.91 Å². The van der Waals surface area contributed by atoms with Crippen molar-refractivity contribution in [3.63, 3.8) is 0 Å². The Morgan fingerprint density at radius 1 is 1.15 bits per heavy atom. The molecule has 3 aliphatic rings. The van der Waals surface area contributed by atoms with E-state index in [1.165, 1.54) is 32.1 Å². The molecular weight excluding hydrogens is 366 g/mol. The van der Waals surface area contributed by atoms with Crippen LogP contribution in [0.25, 0.3) is 0 Å².